The summed E-state index contributed by atoms with van der Waals surface area (Å²) in [6, 6.07) is 16.5. The first-order valence-electron chi connectivity index (χ1n) is 14.2. The normalized spacial score (nSPS) is 20.0. The lowest BCUT2D eigenvalue weighted by Gasteiger charge is -2.38. The van der Waals surface area contributed by atoms with Crippen molar-refractivity contribution in [3.05, 3.63) is 82.4 Å². The van der Waals surface area contributed by atoms with Crippen LogP contribution in [0.5, 0.6) is 5.75 Å². The molecule has 2 aromatic carbocycles. The van der Waals surface area contributed by atoms with Crippen molar-refractivity contribution in [3.8, 4) is 5.75 Å². The Hall–Kier alpha value is -4.05. The smallest absolute Gasteiger partial charge is 0.338 e. The predicted octanol–water partition coefficient (Wildman–Crippen LogP) is 5.16. The SMILES string of the molecule is CCOC(=O)C1=C(c2ccccc2)N=C2SC=C(CC(=O)N3CCC[C@@H](C(=O)OCC)C3)N2[C@H]1c1ccccc1OC. The molecule has 3 heterocycles. The Labute approximate surface area is 250 Å². The molecule has 5 rings (SSSR count). The molecule has 1 amide bonds. The molecule has 0 spiro atoms. The zero-order chi connectivity index (χ0) is 29.6. The van der Waals surface area contributed by atoms with Gasteiger partial charge >= 0.3 is 11.9 Å². The summed E-state index contributed by atoms with van der Waals surface area (Å²) in [7, 11) is 1.60. The number of carbonyl (C=O) groups excluding carboxylic acids is 3. The quantitative estimate of drug-likeness (QED) is 0.370. The molecule has 0 N–H and O–H groups in total. The Bertz CT molecular complexity index is 1440. The van der Waals surface area contributed by atoms with Crippen molar-refractivity contribution >= 4 is 40.5 Å². The number of amidine groups is 1. The molecule has 1 fully saturated rings. The van der Waals surface area contributed by atoms with Crippen molar-refractivity contribution in [1.29, 1.82) is 0 Å². The van der Waals surface area contributed by atoms with Gasteiger partial charge in [-0.2, -0.15) is 0 Å². The van der Waals surface area contributed by atoms with E-state index in [0.29, 0.717) is 54.0 Å². The molecule has 2 aromatic rings. The molecule has 0 saturated carbocycles. The van der Waals surface area contributed by atoms with Crippen LogP contribution >= 0.6 is 11.8 Å². The first kappa shape index (κ1) is 29.4. The average molecular weight is 590 g/mol. The summed E-state index contributed by atoms with van der Waals surface area (Å²) in [5, 5.41) is 2.58. The Kier molecular flexibility index (Phi) is 9.31. The highest BCUT2D eigenvalue weighted by molar-refractivity contribution is 8.16. The van der Waals surface area contributed by atoms with Gasteiger partial charge in [-0.1, -0.05) is 60.3 Å². The first-order chi connectivity index (χ1) is 20.5. The molecular formula is C32H35N3O6S. The highest BCUT2D eigenvalue weighted by Gasteiger charge is 2.44. The van der Waals surface area contributed by atoms with Gasteiger partial charge in [0.15, 0.2) is 5.17 Å². The number of piperidine rings is 1. The number of aliphatic imine (C=N–C) groups is 1. The fourth-order valence-electron chi connectivity index (χ4n) is 5.60. The van der Waals surface area contributed by atoms with Gasteiger partial charge < -0.3 is 24.0 Å². The van der Waals surface area contributed by atoms with E-state index < -0.39 is 12.0 Å². The van der Waals surface area contributed by atoms with Gasteiger partial charge in [0.1, 0.15) is 5.75 Å². The molecule has 0 aliphatic carbocycles. The van der Waals surface area contributed by atoms with Gasteiger partial charge in [-0.3, -0.25) is 9.59 Å². The van der Waals surface area contributed by atoms with Gasteiger partial charge in [0.05, 0.1) is 50.0 Å². The number of para-hydroxylation sites is 1. The van der Waals surface area contributed by atoms with Crippen molar-refractivity contribution in [1.82, 2.24) is 9.80 Å². The molecule has 0 radical (unpaired) electrons. The molecule has 3 aliphatic rings. The summed E-state index contributed by atoms with van der Waals surface area (Å²) in [6.07, 6.45) is 1.53. The molecule has 9 nitrogen and oxygen atoms in total. The van der Waals surface area contributed by atoms with Crippen LogP contribution in [0.15, 0.2) is 76.3 Å². The largest absolute Gasteiger partial charge is 0.496 e. The summed E-state index contributed by atoms with van der Waals surface area (Å²) in [6.45, 7) is 4.99. The molecule has 220 valence electrons. The number of hydrogen-bond acceptors (Lipinski definition) is 9. The maximum atomic E-state index is 13.7. The van der Waals surface area contributed by atoms with E-state index in [1.165, 1.54) is 11.8 Å². The van der Waals surface area contributed by atoms with Crippen molar-refractivity contribution < 1.29 is 28.6 Å². The van der Waals surface area contributed by atoms with Crippen LogP contribution in [0.2, 0.25) is 0 Å². The van der Waals surface area contributed by atoms with Crippen molar-refractivity contribution in [2.75, 3.05) is 33.4 Å². The van der Waals surface area contributed by atoms with E-state index >= 15 is 0 Å². The topological polar surface area (TPSA) is 97.7 Å². The summed E-state index contributed by atoms with van der Waals surface area (Å²) < 4.78 is 16.6. The Morgan fingerprint density at radius 2 is 1.74 bits per heavy atom. The number of thioether (sulfide) groups is 1. The number of methoxy groups -OCH3 is 1. The van der Waals surface area contributed by atoms with Crippen LogP contribution in [0.3, 0.4) is 0 Å². The van der Waals surface area contributed by atoms with Gasteiger partial charge in [0.2, 0.25) is 5.91 Å². The third-order valence-corrected chi connectivity index (χ3v) is 8.40. The van der Waals surface area contributed by atoms with Gasteiger partial charge in [-0.25, -0.2) is 9.79 Å². The minimum atomic E-state index is -0.648. The molecule has 10 heteroatoms. The number of fused-ring (bicyclic) bond motifs is 1. The number of likely N-dealkylation sites (tertiary alicyclic amines) is 1. The minimum absolute atomic E-state index is 0.0873. The number of benzene rings is 2. The number of nitrogens with zero attached hydrogens (tertiary/aromatic N) is 3. The Morgan fingerprint density at radius 1 is 1.00 bits per heavy atom. The van der Waals surface area contributed by atoms with Crippen LogP contribution in [0.4, 0.5) is 0 Å². The fourth-order valence-corrected chi connectivity index (χ4v) is 6.52. The maximum absolute atomic E-state index is 13.7. The summed E-state index contributed by atoms with van der Waals surface area (Å²) in [5.41, 5.74) is 3.16. The minimum Gasteiger partial charge on any atom is -0.496 e. The predicted molar refractivity (Wildman–Crippen MR) is 161 cm³/mol. The van der Waals surface area contributed by atoms with Crippen molar-refractivity contribution in [3.63, 3.8) is 0 Å². The third kappa shape index (κ3) is 5.94. The van der Waals surface area contributed by atoms with Gasteiger partial charge in [-0.15, -0.1) is 0 Å². The molecule has 0 bridgehead atoms. The molecule has 42 heavy (non-hydrogen) atoms. The number of carbonyl (C=O) groups is 3. The zero-order valence-electron chi connectivity index (χ0n) is 24.1. The highest BCUT2D eigenvalue weighted by atomic mass is 32.2. The van der Waals surface area contributed by atoms with Crippen LogP contribution in [0.25, 0.3) is 5.70 Å². The van der Waals surface area contributed by atoms with Gasteiger partial charge in [-0.05, 0) is 38.2 Å². The van der Waals surface area contributed by atoms with Crippen LogP contribution in [-0.2, 0) is 23.9 Å². The van der Waals surface area contributed by atoms with E-state index in [-0.39, 0.29) is 30.8 Å². The maximum Gasteiger partial charge on any atom is 0.338 e. The van der Waals surface area contributed by atoms with E-state index in [9.17, 15) is 14.4 Å². The molecule has 3 aliphatic heterocycles. The lowest BCUT2D eigenvalue weighted by molar-refractivity contribution is -0.151. The van der Waals surface area contributed by atoms with Crippen LogP contribution in [0, 0.1) is 5.92 Å². The molecule has 0 unspecified atom stereocenters. The molecule has 1 saturated heterocycles. The number of amides is 1. The summed E-state index contributed by atoms with van der Waals surface area (Å²) >= 11 is 1.41. The molecular weight excluding hydrogens is 554 g/mol. The Morgan fingerprint density at radius 3 is 2.48 bits per heavy atom. The first-order valence-corrected chi connectivity index (χ1v) is 15.1. The third-order valence-electron chi connectivity index (χ3n) is 7.51. The highest BCUT2D eigenvalue weighted by Crippen LogP contribution is 2.49. The van der Waals surface area contributed by atoms with Crippen molar-refractivity contribution in [2.24, 2.45) is 10.9 Å². The zero-order valence-corrected chi connectivity index (χ0v) is 24.9. The number of esters is 2. The second-order valence-electron chi connectivity index (χ2n) is 10.1. The summed E-state index contributed by atoms with van der Waals surface area (Å²) in [5.74, 6) is -0.550. The van der Waals surface area contributed by atoms with E-state index in [2.05, 4.69) is 0 Å². The lowest BCUT2D eigenvalue weighted by atomic mass is 9.90. The monoisotopic (exact) mass is 589 g/mol. The van der Waals surface area contributed by atoms with E-state index in [4.69, 9.17) is 19.2 Å². The van der Waals surface area contributed by atoms with E-state index in [1.54, 1.807) is 25.9 Å². The molecule has 2 atom stereocenters. The lowest BCUT2D eigenvalue weighted by Crippen LogP contribution is -2.44. The second kappa shape index (κ2) is 13.3. The van der Waals surface area contributed by atoms with E-state index in [0.717, 1.165) is 17.5 Å². The van der Waals surface area contributed by atoms with Crippen LogP contribution in [-0.4, -0.2) is 66.2 Å². The van der Waals surface area contributed by atoms with Crippen LogP contribution < -0.4 is 4.74 Å². The Balaban J connectivity index is 1.53. The fraction of sp³-hybridized carbons (Fsp3) is 0.375. The number of rotatable bonds is 9. The van der Waals surface area contributed by atoms with Gasteiger partial charge in [0, 0.05) is 29.9 Å². The van der Waals surface area contributed by atoms with Gasteiger partial charge in [0.25, 0.3) is 0 Å². The van der Waals surface area contributed by atoms with Crippen LogP contribution in [0.1, 0.15) is 50.3 Å². The average Bonchev–Trinajstić information content (AvgIpc) is 3.42. The van der Waals surface area contributed by atoms with E-state index in [1.807, 2.05) is 64.9 Å². The second-order valence-corrected chi connectivity index (χ2v) is 10.9. The van der Waals surface area contributed by atoms with Crippen molar-refractivity contribution in [2.45, 2.75) is 39.2 Å². The number of ether oxygens (including phenoxy) is 3. The number of hydrogen-bond donors (Lipinski definition) is 0. The molecule has 0 aromatic heterocycles. The standard InChI is InChI=1S/C32H35N3O6S/c1-4-40-30(37)22-14-11-17-34(19-22)26(36)18-23-20-42-32-33-28(21-12-7-6-8-13-21)27(31(38)41-5-2)29(35(23)32)24-15-9-10-16-25(24)39-3/h6-10,12-13,15-16,20,22,29H,4-5,11,14,17-19H2,1-3H3/t22-,29+/m1/s1. The summed E-state index contributed by atoms with van der Waals surface area (Å²) in [4.78, 5) is 48.4.